The topological polar surface area (TPSA) is 701 Å². The van der Waals surface area contributed by atoms with Crippen LogP contribution in [-0.4, -0.2) is 381 Å². The number of nitrogens with zero attached hydrogens (tertiary/aromatic N) is 18. The minimum Gasteiger partial charge on any atom is -0.479 e. The number of methoxy groups -OCH3 is 3. The van der Waals surface area contributed by atoms with Crippen LogP contribution in [0.3, 0.4) is 0 Å². The number of esters is 3. The van der Waals surface area contributed by atoms with Crippen LogP contribution in [0, 0.1) is 0 Å². The Balaban J connectivity index is 0.000000205. The molecular weight excluding hydrogens is 1870 g/mol. The van der Waals surface area contributed by atoms with Crippen molar-refractivity contribution in [1.29, 1.82) is 0 Å². The Morgan fingerprint density at radius 1 is 0.432 bits per heavy atom. The monoisotopic (exact) mass is 1980 g/mol. The lowest BCUT2D eigenvalue weighted by atomic mass is 9.96. The van der Waals surface area contributed by atoms with E-state index in [4.69, 9.17) is 73.4 Å². The highest BCUT2D eigenvalue weighted by atomic mass is 32.7. The van der Waals surface area contributed by atoms with Gasteiger partial charge in [0.15, 0.2) is 52.2 Å². The maximum atomic E-state index is 14.1. The zero-order chi connectivity index (χ0) is 98.2. The smallest absolute Gasteiger partial charge is 0.327 e. The highest BCUT2D eigenvalue weighted by Gasteiger charge is 2.58. The van der Waals surface area contributed by atoms with E-state index < -0.39 is 220 Å². The minimum absolute atomic E-state index is 0.0951. The Hall–Kier alpha value is -9.18. The zero-order valence-electron chi connectivity index (χ0n) is 75.7. The summed E-state index contributed by atoms with van der Waals surface area (Å²) in [6.07, 6.45) is -9.47. The van der Waals surface area contributed by atoms with Crippen molar-refractivity contribution in [3.63, 3.8) is 0 Å². The molecule has 15 N–H and O–H groups in total. The van der Waals surface area contributed by atoms with Gasteiger partial charge in [0.2, 0.25) is 35.5 Å². The number of carbonyl (C=O) groups excluding carboxylic acids is 9. The summed E-state index contributed by atoms with van der Waals surface area (Å²) in [5.41, 5.74) is 12.9. The molecule has 12 rings (SSSR count). The fourth-order valence-electron chi connectivity index (χ4n) is 14.1. The lowest BCUT2D eigenvalue weighted by Gasteiger charge is -2.27. The van der Waals surface area contributed by atoms with E-state index in [1.807, 2.05) is 0 Å². The molecule has 0 radical (unpaired) electrons. The minimum atomic E-state index is -4.06. The molecule has 0 spiro atoms. The number of ether oxygens (including phenoxy) is 9. The van der Waals surface area contributed by atoms with Gasteiger partial charge in [-0.15, -0.1) is 0 Å². The summed E-state index contributed by atoms with van der Waals surface area (Å²) in [7, 11) is 12.5. The van der Waals surface area contributed by atoms with Crippen LogP contribution in [0.25, 0.3) is 33.5 Å². The third kappa shape index (κ3) is 22.3. The number of nitrogens with two attached hydrogens (primary N) is 3. The Morgan fingerprint density at radius 2 is 0.659 bits per heavy atom. The third-order valence-electron chi connectivity index (χ3n) is 21.4. The number of rotatable bonds is 36. The van der Waals surface area contributed by atoms with E-state index in [1.54, 1.807) is 41.5 Å². The second-order valence-corrected chi connectivity index (χ2v) is 45.5. The van der Waals surface area contributed by atoms with Crippen molar-refractivity contribution in [3.05, 3.63) is 19.0 Å². The van der Waals surface area contributed by atoms with Crippen LogP contribution in [0.4, 0.5) is 32.2 Å². The summed E-state index contributed by atoms with van der Waals surface area (Å²) >= 11 is 2.10. The fraction of sp³-hybridized carbons (Fsp3) is 0.667. The second-order valence-electron chi connectivity index (χ2n) is 32.5. The van der Waals surface area contributed by atoms with Crippen LogP contribution in [-0.2, 0) is 84.5 Å². The number of likely N-dealkylation sites (N-methyl/N-ethyl adjacent to an activating group) is 6. The summed E-state index contributed by atoms with van der Waals surface area (Å²) in [4.78, 5) is 156. The number of amides is 9. The van der Waals surface area contributed by atoms with Gasteiger partial charge in [-0.05, 0) is 83.1 Å². The van der Waals surface area contributed by atoms with Gasteiger partial charge in [-0.25, -0.2) is 44.6 Å². The molecule has 6 aromatic rings. The normalized spacial score (nSPS) is 27.8. The maximum Gasteiger partial charge on any atom is 0.327 e. The van der Waals surface area contributed by atoms with Crippen molar-refractivity contribution in [3.8, 4) is 17.6 Å². The van der Waals surface area contributed by atoms with Crippen molar-refractivity contribution >= 4 is 159 Å². The second kappa shape index (κ2) is 41.6. The van der Waals surface area contributed by atoms with Gasteiger partial charge >= 0.3 is 56.2 Å². The molecule has 732 valence electrons. The number of anilines is 3. The average molecular weight is 1980 g/mol. The maximum absolute atomic E-state index is 14.1. The van der Waals surface area contributed by atoms with Gasteiger partial charge in [-0.3, -0.25) is 70.9 Å². The average Bonchev–Trinajstić information content (AvgIpc) is 1.60. The molecule has 4 unspecified atom stereocenters. The van der Waals surface area contributed by atoms with Crippen molar-refractivity contribution in [2.45, 2.75) is 210 Å². The molecule has 9 amide bonds. The molecule has 54 nitrogen and oxygen atoms in total. The lowest BCUT2D eigenvalue weighted by molar-refractivity contribution is -0.149. The molecular formula is C72H111N24O30P3S3. The standard InChI is InChI=1S/3C24H37N8O10PS/c3*1-11(2)41-20(35)12(3)29-43(38,44-9-13-19(34)31(6)23(36)30(13)5)40-8-14-16(33)24(4,37)21(42-14)32-10-26-15-17(32)27-22(25)28-18(15)39-7/h3*10-14,16,21,33,37H,8-9H2,1-7H3,(H,29,38)(H2,25,27,28)/t12-,13?,14-,16-,21-,24-,43?;12-,13?,14-,16-,21-,24-,43+;12-,13?,14-,16-,21-,24-,43-/m111/s1. The van der Waals surface area contributed by atoms with Crippen molar-refractivity contribution in [2.75, 3.05) is 118 Å². The van der Waals surface area contributed by atoms with E-state index in [1.165, 1.54) is 153 Å². The SMILES string of the molecule is COc1nc(N)nc2c1ncn2[C@@H]1O[C@H](COP(=O)(N[C@H](C)C(=O)OC(C)C)SCC2C(=O)N(C)C(=O)N2C)[C@@H](O)[C@@]1(C)O.COc1nc(N)nc2c1ncn2[C@@H]1O[C@H](CO[P@@](=O)(N[C@H](C)C(=O)OC(C)C)SCC2C(=O)N(C)C(=O)N2C)[C@@H](O)[C@@]1(C)O.COc1nc(N)nc2c1ncn2[C@@H]1O[C@H](CO[P@](=O)(N[C@H](C)C(=O)OC(C)C)SCC2C(=O)N(C)C(=O)N2C)[C@@H](O)[C@@]1(C)O. The number of carbonyl (C=O) groups is 9. The molecule has 12 heterocycles. The van der Waals surface area contributed by atoms with Crippen LogP contribution in [0.1, 0.15) is 102 Å². The van der Waals surface area contributed by atoms with Gasteiger partial charge in [0.25, 0.3) is 17.7 Å². The lowest BCUT2D eigenvalue weighted by Crippen LogP contribution is -2.44. The van der Waals surface area contributed by atoms with Crippen molar-refractivity contribution in [1.82, 2.24) is 103 Å². The summed E-state index contributed by atoms with van der Waals surface area (Å²) < 4.78 is 113. The van der Waals surface area contributed by atoms with Crippen LogP contribution in [0.15, 0.2) is 19.0 Å². The number of nitrogens with one attached hydrogen (secondary N) is 3. The molecule has 6 aromatic heterocycles. The van der Waals surface area contributed by atoms with Crippen LogP contribution in [0.5, 0.6) is 17.6 Å². The summed E-state index contributed by atoms with van der Waals surface area (Å²) in [6, 6.07) is -7.67. The molecule has 0 saturated carbocycles. The first kappa shape index (κ1) is 105. The highest BCUT2D eigenvalue weighted by molar-refractivity contribution is 8.56. The van der Waals surface area contributed by atoms with Crippen LogP contribution >= 0.6 is 54.3 Å². The first-order valence-electron chi connectivity index (χ1n) is 40.6. The molecule has 6 saturated heterocycles. The number of urea groups is 3. The van der Waals surface area contributed by atoms with Crippen molar-refractivity contribution in [2.24, 2.45) is 0 Å². The quantitative estimate of drug-likeness (QED) is 0.0109. The summed E-state index contributed by atoms with van der Waals surface area (Å²) in [5.74, 6) is -4.07. The van der Waals surface area contributed by atoms with E-state index >= 15 is 0 Å². The molecule has 132 heavy (non-hydrogen) atoms. The first-order chi connectivity index (χ1) is 61.5. The zero-order valence-corrected chi connectivity index (χ0v) is 80.8. The van der Waals surface area contributed by atoms with Gasteiger partial charge in [-0.2, -0.15) is 29.9 Å². The van der Waals surface area contributed by atoms with E-state index in [0.29, 0.717) is 34.1 Å². The number of aliphatic hydroxyl groups excluding tert-OH is 3. The van der Waals surface area contributed by atoms with Gasteiger partial charge in [0.1, 0.15) is 89.7 Å². The Morgan fingerprint density at radius 3 is 0.856 bits per heavy atom. The highest BCUT2D eigenvalue weighted by Crippen LogP contribution is 2.61. The number of imide groups is 3. The number of aromatic nitrogens is 12. The Labute approximate surface area is 766 Å². The number of nitrogen functional groups attached to an aromatic ring is 3. The molecule has 0 aromatic carbocycles. The van der Waals surface area contributed by atoms with E-state index in [2.05, 4.69) is 60.1 Å². The van der Waals surface area contributed by atoms with Gasteiger partial charge < -0.3 is 119 Å². The molecule has 6 fully saturated rings. The molecule has 6 aliphatic rings. The Bertz CT molecular complexity index is 4940. The van der Waals surface area contributed by atoms with E-state index in [9.17, 15) is 87.5 Å². The van der Waals surface area contributed by atoms with Crippen molar-refractivity contribution < 1.29 is 144 Å². The largest absolute Gasteiger partial charge is 0.479 e. The molecule has 60 heteroatoms. The molecule has 21 atom stereocenters. The Kier molecular flexibility index (Phi) is 33.0. The first-order valence-corrected chi connectivity index (χ1v) is 50.2. The van der Waals surface area contributed by atoms with Crippen LogP contribution < -0.4 is 46.7 Å². The molecule has 0 aliphatic carbocycles. The summed E-state index contributed by atoms with van der Waals surface area (Å²) in [6.45, 7) is 4.50. The molecule has 0 bridgehead atoms. The van der Waals surface area contributed by atoms with E-state index in [-0.39, 0.29) is 86.2 Å². The van der Waals surface area contributed by atoms with Gasteiger partial charge in [0, 0.05) is 59.5 Å². The van der Waals surface area contributed by atoms with E-state index in [0.717, 1.165) is 14.7 Å². The number of fused-ring (bicyclic) bond motifs is 3. The summed E-state index contributed by atoms with van der Waals surface area (Å²) in [5, 5.41) is 75.0. The van der Waals surface area contributed by atoms with Gasteiger partial charge in [-0.1, -0.05) is 34.1 Å². The molecule has 6 aliphatic heterocycles. The fourth-order valence-corrected chi connectivity index (χ4v) is 26.0. The number of hydrogen-bond donors (Lipinski definition) is 12. The van der Waals surface area contributed by atoms with Crippen LogP contribution in [0.2, 0.25) is 0 Å². The number of aliphatic hydroxyl groups is 6. The number of imidazole rings is 3. The predicted molar refractivity (Wildman–Crippen MR) is 469 cm³/mol. The number of hydrogen-bond acceptors (Lipinski definition) is 45. The van der Waals surface area contributed by atoms with Gasteiger partial charge in [0.05, 0.1) is 78.4 Å². The third-order valence-corrected chi connectivity index (χ3v) is 33.7. The predicted octanol–water partition coefficient (Wildman–Crippen LogP) is 0.319.